The number of hydrogen-bond acceptors (Lipinski definition) is 4. The number of carbonyl (C=O) groups is 2. The van der Waals surface area contributed by atoms with Crippen LogP contribution in [0.4, 0.5) is 0 Å². The Bertz CT molecular complexity index is 1450. The van der Waals surface area contributed by atoms with Crippen molar-refractivity contribution < 1.29 is 9.59 Å². The lowest BCUT2D eigenvalue weighted by Gasteiger charge is -2.43. The summed E-state index contributed by atoms with van der Waals surface area (Å²) >= 11 is 12.4. The lowest BCUT2D eigenvalue weighted by molar-refractivity contribution is -0.138. The SMILES string of the molecule is O=C(c1ccncc1-c1ccc(Cl)c(Cl)c1)N1CCCC(CCCN2CCC(C(=O)N3CCCC3)(c3ccccc3)CC2)C1. The van der Waals surface area contributed by atoms with Crippen LogP contribution in [0.5, 0.6) is 0 Å². The van der Waals surface area contributed by atoms with Crippen LogP contribution in [0.1, 0.15) is 67.3 Å². The van der Waals surface area contributed by atoms with Gasteiger partial charge in [0.2, 0.25) is 5.91 Å². The summed E-state index contributed by atoms with van der Waals surface area (Å²) in [5.41, 5.74) is 3.05. The highest BCUT2D eigenvalue weighted by atomic mass is 35.5. The van der Waals surface area contributed by atoms with Gasteiger partial charge in [-0.05, 0) is 106 Å². The number of hydrogen-bond donors (Lipinski definition) is 0. The lowest BCUT2D eigenvalue weighted by atomic mass is 9.71. The van der Waals surface area contributed by atoms with Crippen LogP contribution in [0.15, 0.2) is 67.0 Å². The summed E-state index contributed by atoms with van der Waals surface area (Å²) in [5.74, 6) is 0.881. The van der Waals surface area contributed by atoms with E-state index in [0.29, 0.717) is 27.4 Å². The predicted molar refractivity (Wildman–Crippen MR) is 177 cm³/mol. The van der Waals surface area contributed by atoms with Crippen LogP contribution >= 0.6 is 23.2 Å². The molecule has 2 amide bonds. The van der Waals surface area contributed by atoms with Gasteiger partial charge in [0.15, 0.2) is 0 Å². The average molecular weight is 634 g/mol. The molecule has 1 aromatic heterocycles. The van der Waals surface area contributed by atoms with Crippen LogP contribution in [0.3, 0.4) is 0 Å². The summed E-state index contributed by atoms with van der Waals surface area (Å²) in [4.78, 5) is 38.5. The Balaban J connectivity index is 1.04. The van der Waals surface area contributed by atoms with Crippen molar-refractivity contribution in [3.05, 3.63) is 88.2 Å². The molecule has 0 bridgehead atoms. The van der Waals surface area contributed by atoms with E-state index in [4.69, 9.17) is 23.2 Å². The third-order valence-corrected chi connectivity index (χ3v) is 10.8. The van der Waals surface area contributed by atoms with E-state index in [0.717, 1.165) is 108 Å². The van der Waals surface area contributed by atoms with Crippen LogP contribution in [0.25, 0.3) is 11.1 Å². The number of piperidine rings is 2. The molecule has 8 heteroatoms. The maximum Gasteiger partial charge on any atom is 0.254 e. The van der Waals surface area contributed by atoms with Gasteiger partial charge in [0.1, 0.15) is 0 Å². The standard InChI is InChI=1S/C36H42Cl2N4O2/c37-32-13-12-28(24-33(32)38)31-25-39-17-14-30(31)34(43)42-21-7-9-27(26-42)8-6-18-40-22-15-36(16-23-40,29-10-2-1-3-11-29)35(44)41-19-4-5-20-41/h1-3,10-14,17,24-25,27H,4-9,15-16,18-23,26H2. The molecule has 0 radical (unpaired) electrons. The van der Waals surface area contributed by atoms with Crippen molar-refractivity contribution in [1.29, 1.82) is 0 Å². The van der Waals surface area contributed by atoms with Gasteiger partial charge in [-0.2, -0.15) is 0 Å². The molecule has 4 heterocycles. The molecular formula is C36H42Cl2N4O2. The number of amides is 2. The van der Waals surface area contributed by atoms with Gasteiger partial charge in [-0.1, -0.05) is 59.6 Å². The molecule has 232 valence electrons. The molecular weight excluding hydrogens is 591 g/mol. The average Bonchev–Trinajstić information content (AvgIpc) is 3.62. The van der Waals surface area contributed by atoms with E-state index in [1.165, 1.54) is 5.56 Å². The molecule has 2 aromatic carbocycles. The van der Waals surface area contributed by atoms with E-state index in [1.54, 1.807) is 24.5 Å². The first-order chi connectivity index (χ1) is 21.4. The van der Waals surface area contributed by atoms with E-state index >= 15 is 0 Å². The Labute approximate surface area is 271 Å². The summed E-state index contributed by atoms with van der Waals surface area (Å²) in [6.07, 6.45) is 11.8. The van der Waals surface area contributed by atoms with Crippen molar-refractivity contribution in [3.63, 3.8) is 0 Å². The van der Waals surface area contributed by atoms with Crippen LogP contribution in [-0.2, 0) is 10.2 Å². The van der Waals surface area contributed by atoms with Crippen molar-refractivity contribution in [2.24, 2.45) is 5.92 Å². The molecule has 3 fully saturated rings. The number of likely N-dealkylation sites (tertiary alicyclic amines) is 3. The second-order valence-electron chi connectivity index (χ2n) is 12.7. The zero-order chi connectivity index (χ0) is 30.5. The normalized spacial score (nSPS) is 20.5. The Morgan fingerprint density at radius 2 is 1.61 bits per heavy atom. The first-order valence-corrected chi connectivity index (χ1v) is 17.0. The molecule has 6 nitrogen and oxygen atoms in total. The van der Waals surface area contributed by atoms with Gasteiger partial charge < -0.3 is 14.7 Å². The fourth-order valence-electron chi connectivity index (χ4n) is 7.50. The molecule has 6 rings (SSSR count). The van der Waals surface area contributed by atoms with Crippen LogP contribution < -0.4 is 0 Å². The summed E-state index contributed by atoms with van der Waals surface area (Å²) < 4.78 is 0. The minimum Gasteiger partial charge on any atom is -0.342 e. The van der Waals surface area contributed by atoms with Gasteiger partial charge in [0.25, 0.3) is 5.91 Å². The topological polar surface area (TPSA) is 56.8 Å². The van der Waals surface area contributed by atoms with E-state index in [9.17, 15) is 9.59 Å². The smallest absolute Gasteiger partial charge is 0.254 e. The fraction of sp³-hybridized carbons (Fsp3) is 0.472. The molecule has 3 aliphatic rings. The van der Waals surface area contributed by atoms with Crippen molar-refractivity contribution >= 4 is 35.0 Å². The van der Waals surface area contributed by atoms with E-state index in [-0.39, 0.29) is 5.91 Å². The van der Waals surface area contributed by atoms with Crippen LogP contribution in [-0.4, -0.2) is 77.3 Å². The Morgan fingerprint density at radius 3 is 2.36 bits per heavy atom. The molecule has 1 atom stereocenters. The van der Waals surface area contributed by atoms with Crippen molar-refractivity contribution in [2.45, 2.75) is 56.8 Å². The highest BCUT2D eigenvalue weighted by Crippen LogP contribution is 2.39. The van der Waals surface area contributed by atoms with Gasteiger partial charge in [0.05, 0.1) is 21.0 Å². The number of pyridine rings is 1. The summed E-state index contributed by atoms with van der Waals surface area (Å²) in [6, 6.07) is 17.7. The van der Waals surface area contributed by atoms with Gasteiger partial charge in [0, 0.05) is 44.1 Å². The largest absolute Gasteiger partial charge is 0.342 e. The number of carbonyl (C=O) groups excluding carboxylic acids is 2. The van der Waals surface area contributed by atoms with E-state index in [1.807, 2.05) is 23.1 Å². The zero-order valence-electron chi connectivity index (χ0n) is 25.4. The van der Waals surface area contributed by atoms with Gasteiger partial charge in [-0.3, -0.25) is 14.6 Å². The molecule has 0 N–H and O–H groups in total. The molecule has 0 spiro atoms. The molecule has 0 aliphatic carbocycles. The van der Waals surface area contributed by atoms with Crippen LogP contribution in [0, 0.1) is 5.92 Å². The van der Waals surface area contributed by atoms with Crippen molar-refractivity contribution in [2.75, 3.05) is 45.8 Å². The number of nitrogens with zero attached hydrogens (tertiary/aromatic N) is 4. The molecule has 3 saturated heterocycles. The molecule has 1 unspecified atom stereocenters. The first kappa shape index (κ1) is 31.1. The zero-order valence-corrected chi connectivity index (χ0v) is 26.9. The van der Waals surface area contributed by atoms with Gasteiger partial charge >= 0.3 is 0 Å². The third-order valence-electron chi connectivity index (χ3n) is 10.0. The maximum absolute atomic E-state index is 13.8. The summed E-state index contributed by atoms with van der Waals surface area (Å²) in [6.45, 7) is 6.29. The number of rotatable bonds is 8. The molecule has 0 saturated carbocycles. The van der Waals surface area contributed by atoms with E-state index in [2.05, 4.69) is 39.0 Å². The Hall–Kier alpha value is -2.93. The number of halogens is 2. The number of benzene rings is 2. The van der Waals surface area contributed by atoms with E-state index < -0.39 is 5.41 Å². The Morgan fingerprint density at radius 1 is 0.864 bits per heavy atom. The Kier molecular flexibility index (Phi) is 9.89. The minimum absolute atomic E-state index is 0.0501. The second-order valence-corrected chi connectivity index (χ2v) is 13.6. The monoisotopic (exact) mass is 632 g/mol. The minimum atomic E-state index is -0.393. The summed E-state index contributed by atoms with van der Waals surface area (Å²) in [5, 5.41) is 0.948. The summed E-state index contributed by atoms with van der Waals surface area (Å²) in [7, 11) is 0. The maximum atomic E-state index is 13.8. The van der Waals surface area contributed by atoms with Crippen LogP contribution in [0.2, 0.25) is 10.0 Å². The second kappa shape index (κ2) is 14.0. The quantitative estimate of drug-likeness (QED) is 0.261. The molecule has 44 heavy (non-hydrogen) atoms. The van der Waals surface area contributed by atoms with Crippen molar-refractivity contribution in [3.8, 4) is 11.1 Å². The first-order valence-electron chi connectivity index (χ1n) is 16.2. The third kappa shape index (κ3) is 6.68. The highest BCUT2D eigenvalue weighted by Gasteiger charge is 2.45. The lowest BCUT2D eigenvalue weighted by Crippen LogP contribution is -2.52. The molecule has 3 aromatic rings. The molecule has 3 aliphatic heterocycles. The van der Waals surface area contributed by atoms with Gasteiger partial charge in [-0.25, -0.2) is 0 Å². The fourth-order valence-corrected chi connectivity index (χ4v) is 7.80. The number of aromatic nitrogens is 1. The predicted octanol–water partition coefficient (Wildman–Crippen LogP) is 7.34. The highest BCUT2D eigenvalue weighted by molar-refractivity contribution is 6.42. The van der Waals surface area contributed by atoms with Gasteiger partial charge in [-0.15, -0.1) is 0 Å². The van der Waals surface area contributed by atoms with Crippen molar-refractivity contribution in [1.82, 2.24) is 19.7 Å².